The Kier molecular flexibility index (Phi) is 4.07. The molecule has 0 bridgehead atoms. The van der Waals surface area contributed by atoms with Crippen LogP contribution in [0, 0.1) is 0 Å². The molecule has 0 aromatic carbocycles. The monoisotopic (exact) mass is 266 g/mol. The topological polar surface area (TPSA) is 81.4 Å². The number of nitrogens with zero attached hydrogens (tertiary/aromatic N) is 2. The number of aromatic carboxylic acids is 1. The van der Waals surface area contributed by atoms with Gasteiger partial charge in [-0.1, -0.05) is 0 Å². The van der Waals surface area contributed by atoms with E-state index in [9.17, 15) is 22.8 Å². The van der Waals surface area contributed by atoms with Crippen molar-refractivity contribution in [1.82, 2.24) is 9.55 Å². The fourth-order valence-electron chi connectivity index (χ4n) is 1.25. The summed E-state index contributed by atoms with van der Waals surface area (Å²) in [5.41, 5.74) is -4.35. The third-order valence-electron chi connectivity index (χ3n) is 2.06. The van der Waals surface area contributed by atoms with Crippen molar-refractivity contribution in [1.29, 1.82) is 0 Å². The maximum atomic E-state index is 12.5. The molecule has 6 nitrogen and oxygen atoms in total. The highest BCUT2D eigenvalue weighted by molar-refractivity contribution is 5.88. The summed E-state index contributed by atoms with van der Waals surface area (Å²) >= 11 is 0. The van der Waals surface area contributed by atoms with Crippen LogP contribution in [0.25, 0.3) is 0 Å². The van der Waals surface area contributed by atoms with Crippen molar-refractivity contribution in [3.8, 4) is 0 Å². The van der Waals surface area contributed by atoms with Gasteiger partial charge in [0, 0.05) is 7.11 Å². The van der Waals surface area contributed by atoms with E-state index in [4.69, 9.17) is 5.11 Å². The second-order valence-electron chi connectivity index (χ2n) is 3.26. The van der Waals surface area contributed by atoms with E-state index in [2.05, 4.69) is 9.72 Å². The molecule has 1 aromatic heterocycles. The van der Waals surface area contributed by atoms with Crippen LogP contribution in [0.15, 0.2) is 11.1 Å². The van der Waals surface area contributed by atoms with E-state index in [-0.39, 0.29) is 13.2 Å². The molecule has 0 aliphatic heterocycles. The molecular weight excluding hydrogens is 257 g/mol. The van der Waals surface area contributed by atoms with Crippen LogP contribution in [0.1, 0.15) is 16.1 Å². The molecule has 0 fully saturated rings. The van der Waals surface area contributed by atoms with E-state index in [0.29, 0.717) is 6.33 Å². The number of methoxy groups -OCH3 is 1. The first-order valence-corrected chi connectivity index (χ1v) is 4.68. The molecule has 18 heavy (non-hydrogen) atoms. The van der Waals surface area contributed by atoms with E-state index in [1.54, 1.807) is 0 Å². The van der Waals surface area contributed by atoms with Gasteiger partial charge in [0.25, 0.3) is 5.56 Å². The summed E-state index contributed by atoms with van der Waals surface area (Å²) in [5, 5.41) is 8.68. The van der Waals surface area contributed by atoms with Gasteiger partial charge in [0.15, 0.2) is 11.3 Å². The zero-order valence-electron chi connectivity index (χ0n) is 9.19. The van der Waals surface area contributed by atoms with Crippen molar-refractivity contribution in [2.45, 2.75) is 12.7 Å². The Morgan fingerprint density at radius 3 is 2.61 bits per heavy atom. The summed E-state index contributed by atoms with van der Waals surface area (Å²) in [6.07, 6.45) is -4.34. The largest absolute Gasteiger partial charge is 0.477 e. The number of carboxylic acid groups (broad SMARTS) is 1. The predicted octanol–water partition coefficient (Wildman–Crippen LogP) is 0.607. The Labute approximate surface area is 98.6 Å². The number of hydrogen-bond acceptors (Lipinski definition) is 4. The first-order chi connectivity index (χ1) is 8.29. The minimum Gasteiger partial charge on any atom is -0.477 e. The first-order valence-electron chi connectivity index (χ1n) is 4.68. The van der Waals surface area contributed by atoms with E-state index in [1.165, 1.54) is 7.11 Å². The Balaban J connectivity index is 3.39. The molecule has 0 saturated carbocycles. The van der Waals surface area contributed by atoms with Crippen LogP contribution < -0.4 is 5.56 Å². The lowest BCUT2D eigenvalue weighted by Gasteiger charge is -2.11. The SMILES string of the molecule is COCCn1cnc(C(F)(F)F)c(C(=O)O)c1=O. The smallest absolute Gasteiger partial charge is 0.434 e. The Morgan fingerprint density at radius 1 is 1.56 bits per heavy atom. The average Bonchev–Trinajstić information content (AvgIpc) is 2.25. The molecule has 0 radical (unpaired) electrons. The molecule has 1 heterocycles. The summed E-state index contributed by atoms with van der Waals surface area (Å²) in [5.74, 6) is -1.97. The van der Waals surface area contributed by atoms with Crippen LogP contribution in [0.5, 0.6) is 0 Å². The lowest BCUT2D eigenvalue weighted by molar-refractivity contribution is -0.142. The summed E-state index contributed by atoms with van der Waals surface area (Å²) in [7, 11) is 1.33. The van der Waals surface area contributed by atoms with Gasteiger partial charge < -0.3 is 9.84 Å². The van der Waals surface area contributed by atoms with Crippen LogP contribution >= 0.6 is 0 Å². The van der Waals surface area contributed by atoms with Gasteiger partial charge >= 0.3 is 12.1 Å². The van der Waals surface area contributed by atoms with Crippen molar-refractivity contribution < 1.29 is 27.8 Å². The molecule has 0 unspecified atom stereocenters. The number of carboxylic acids is 1. The van der Waals surface area contributed by atoms with Crippen LogP contribution in [-0.2, 0) is 17.5 Å². The van der Waals surface area contributed by atoms with E-state index in [0.717, 1.165) is 4.57 Å². The normalized spacial score (nSPS) is 11.6. The van der Waals surface area contributed by atoms with E-state index < -0.39 is 29.0 Å². The molecular formula is C9H9F3N2O4. The van der Waals surface area contributed by atoms with Crippen molar-refractivity contribution >= 4 is 5.97 Å². The van der Waals surface area contributed by atoms with Crippen molar-refractivity contribution in [3.63, 3.8) is 0 Å². The summed E-state index contributed by atoms with van der Waals surface area (Å²) in [4.78, 5) is 25.3. The minimum atomic E-state index is -4.99. The molecule has 1 N–H and O–H groups in total. The Morgan fingerprint density at radius 2 is 2.17 bits per heavy atom. The number of alkyl halides is 3. The molecule has 0 aliphatic rings. The fraction of sp³-hybridized carbons (Fsp3) is 0.444. The molecule has 0 amide bonds. The molecule has 0 saturated heterocycles. The van der Waals surface area contributed by atoms with Crippen LogP contribution in [0.2, 0.25) is 0 Å². The number of carbonyl (C=O) groups is 1. The maximum Gasteiger partial charge on any atom is 0.434 e. The van der Waals surface area contributed by atoms with Crippen LogP contribution in [-0.4, -0.2) is 34.3 Å². The predicted molar refractivity (Wildman–Crippen MR) is 52.3 cm³/mol. The third-order valence-corrected chi connectivity index (χ3v) is 2.06. The van der Waals surface area contributed by atoms with Crippen molar-refractivity contribution in [2.75, 3.05) is 13.7 Å². The van der Waals surface area contributed by atoms with Gasteiger partial charge in [-0.05, 0) is 0 Å². The average molecular weight is 266 g/mol. The number of rotatable bonds is 4. The van der Waals surface area contributed by atoms with Gasteiger partial charge in [-0.15, -0.1) is 0 Å². The fourth-order valence-corrected chi connectivity index (χ4v) is 1.25. The van der Waals surface area contributed by atoms with Gasteiger partial charge in [0.1, 0.15) is 0 Å². The molecule has 0 spiro atoms. The lowest BCUT2D eigenvalue weighted by atomic mass is 10.2. The molecule has 1 aromatic rings. The minimum absolute atomic E-state index is 0.0476. The Hall–Kier alpha value is -1.90. The molecule has 100 valence electrons. The van der Waals surface area contributed by atoms with Gasteiger partial charge in [-0.3, -0.25) is 9.36 Å². The van der Waals surface area contributed by atoms with E-state index >= 15 is 0 Å². The molecule has 9 heteroatoms. The first kappa shape index (κ1) is 14.2. The maximum absolute atomic E-state index is 12.5. The van der Waals surface area contributed by atoms with Crippen molar-refractivity contribution in [2.24, 2.45) is 0 Å². The third kappa shape index (κ3) is 2.86. The molecule has 0 aliphatic carbocycles. The van der Waals surface area contributed by atoms with E-state index in [1.807, 2.05) is 0 Å². The Bertz CT molecular complexity index is 510. The number of halogens is 3. The standard InChI is InChI=1S/C9H9F3N2O4/c1-18-3-2-14-4-13-6(9(10,11)12)5(7(14)15)8(16)17/h4H,2-3H2,1H3,(H,16,17). The van der Waals surface area contributed by atoms with Gasteiger partial charge in [-0.25, -0.2) is 9.78 Å². The number of ether oxygens (including phenoxy) is 1. The summed E-state index contributed by atoms with van der Waals surface area (Å²) in [6, 6.07) is 0. The van der Waals surface area contributed by atoms with Gasteiger partial charge in [0.05, 0.1) is 19.5 Å². The number of hydrogen-bond donors (Lipinski definition) is 1. The van der Waals surface area contributed by atoms with Gasteiger partial charge in [-0.2, -0.15) is 13.2 Å². The molecule has 1 rings (SSSR count). The van der Waals surface area contributed by atoms with Crippen LogP contribution in [0.3, 0.4) is 0 Å². The van der Waals surface area contributed by atoms with Crippen LogP contribution in [0.4, 0.5) is 13.2 Å². The zero-order valence-corrected chi connectivity index (χ0v) is 9.19. The lowest BCUT2D eigenvalue weighted by Crippen LogP contribution is -2.32. The highest BCUT2D eigenvalue weighted by Gasteiger charge is 2.39. The highest BCUT2D eigenvalue weighted by atomic mass is 19.4. The summed E-state index contributed by atoms with van der Waals surface area (Å²) in [6.45, 7) is -0.0350. The van der Waals surface area contributed by atoms with Crippen molar-refractivity contribution in [3.05, 3.63) is 27.9 Å². The highest BCUT2D eigenvalue weighted by Crippen LogP contribution is 2.28. The van der Waals surface area contributed by atoms with Gasteiger partial charge in [0.2, 0.25) is 0 Å². The second-order valence-corrected chi connectivity index (χ2v) is 3.26. The zero-order chi connectivity index (χ0) is 13.9. The number of aromatic nitrogens is 2. The quantitative estimate of drug-likeness (QED) is 0.863. The molecule has 0 atom stereocenters. The summed E-state index contributed by atoms with van der Waals surface area (Å²) < 4.78 is 42.8. The second kappa shape index (κ2) is 5.17.